The van der Waals surface area contributed by atoms with Crippen LogP contribution in [0.4, 0.5) is 0 Å². The van der Waals surface area contributed by atoms with Gasteiger partial charge in [0.1, 0.15) is 0 Å². The van der Waals surface area contributed by atoms with Gasteiger partial charge in [-0.05, 0) is 44.5 Å². The summed E-state index contributed by atoms with van der Waals surface area (Å²) in [6.07, 6.45) is 14.0. The zero-order chi connectivity index (χ0) is 15.9. The van der Waals surface area contributed by atoms with Gasteiger partial charge in [0.2, 0.25) is 0 Å². The fourth-order valence-corrected chi connectivity index (χ4v) is 3.09. The highest BCUT2D eigenvalue weighted by molar-refractivity contribution is 5.14. The number of aryl methyl sites for hydroxylation is 1. The van der Waals surface area contributed by atoms with Gasteiger partial charge in [0.05, 0.1) is 0 Å². The minimum atomic E-state index is 0. The topological polar surface area (TPSA) is 34.7 Å². The average molecular weight is 322 g/mol. The molecule has 23 heavy (non-hydrogen) atoms. The Balaban J connectivity index is 0.00000484. The van der Waals surface area contributed by atoms with Crippen LogP contribution in [0, 0.1) is 0 Å². The van der Waals surface area contributed by atoms with Crippen LogP contribution in [0.2, 0.25) is 0 Å². The molecule has 134 valence electrons. The number of rotatable bonds is 14. The molecule has 1 aromatic carbocycles. The first-order chi connectivity index (χ1) is 10.9. The lowest BCUT2D eigenvalue weighted by Gasteiger charge is -2.17. The van der Waals surface area contributed by atoms with Crippen LogP contribution in [-0.2, 0) is 6.42 Å². The van der Waals surface area contributed by atoms with Gasteiger partial charge in [-0.2, -0.15) is 0 Å². The summed E-state index contributed by atoms with van der Waals surface area (Å²) < 4.78 is 0. The van der Waals surface area contributed by atoms with Crippen molar-refractivity contribution in [1.29, 1.82) is 0 Å². The number of hydrogen-bond acceptors (Lipinski definition) is 1. The highest BCUT2D eigenvalue weighted by Crippen LogP contribution is 2.12. The molecule has 0 fully saturated rings. The summed E-state index contributed by atoms with van der Waals surface area (Å²) in [6, 6.07) is 10.9. The monoisotopic (exact) mass is 321 g/mol. The first kappa shape index (κ1) is 22.1. The van der Waals surface area contributed by atoms with E-state index in [1.54, 1.807) is 0 Å². The predicted molar refractivity (Wildman–Crippen MR) is 103 cm³/mol. The second-order valence-electron chi connectivity index (χ2n) is 6.44. The van der Waals surface area contributed by atoms with Gasteiger partial charge < -0.3 is 10.4 Å². The van der Waals surface area contributed by atoms with E-state index in [2.05, 4.69) is 49.1 Å². The van der Waals surface area contributed by atoms with Crippen LogP contribution in [0.1, 0.15) is 77.2 Å². The largest absolute Gasteiger partial charge is 0.412 e. The lowest BCUT2D eigenvalue weighted by Crippen LogP contribution is -2.23. The minimum Gasteiger partial charge on any atom is -0.412 e. The maximum absolute atomic E-state index is 2.53. The van der Waals surface area contributed by atoms with Crippen molar-refractivity contribution in [2.75, 3.05) is 19.6 Å². The molecule has 2 heteroatoms. The van der Waals surface area contributed by atoms with Crippen molar-refractivity contribution in [3.05, 3.63) is 35.9 Å². The van der Waals surface area contributed by atoms with E-state index in [-0.39, 0.29) is 5.48 Å². The van der Waals surface area contributed by atoms with Gasteiger partial charge >= 0.3 is 0 Å². The van der Waals surface area contributed by atoms with Gasteiger partial charge in [0, 0.05) is 0 Å². The second-order valence-corrected chi connectivity index (χ2v) is 6.44. The SMILES string of the molecule is CCN(CC)CCCCCCCCCCCc1ccccc1.O. The van der Waals surface area contributed by atoms with Crippen molar-refractivity contribution in [3.8, 4) is 0 Å². The molecule has 0 bridgehead atoms. The maximum Gasteiger partial charge on any atom is -0.00190 e. The van der Waals surface area contributed by atoms with Crippen LogP contribution in [0.15, 0.2) is 30.3 Å². The Kier molecular flexibility index (Phi) is 15.4. The van der Waals surface area contributed by atoms with Gasteiger partial charge in [-0.1, -0.05) is 89.1 Å². The van der Waals surface area contributed by atoms with E-state index in [1.165, 1.54) is 89.4 Å². The molecular weight excluding hydrogens is 282 g/mol. The smallest absolute Gasteiger partial charge is 0.00190 e. The third-order valence-corrected chi connectivity index (χ3v) is 4.68. The van der Waals surface area contributed by atoms with E-state index in [4.69, 9.17) is 0 Å². The fourth-order valence-electron chi connectivity index (χ4n) is 3.09. The van der Waals surface area contributed by atoms with Crippen LogP contribution >= 0.6 is 0 Å². The molecule has 1 aromatic rings. The molecule has 0 amide bonds. The molecule has 0 saturated heterocycles. The summed E-state index contributed by atoms with van der Waals surface area (Å²) in [5.74, 6) is 0. The summed E-state index contributed by atoms with van der Waals surface area (Å²) in [5.41, 5.74) is 1.50. The predicted octanol–water partition coefficient (Wildman–Crippen LogP) is 5.26. The van der Waals surface area contributed by atoms with Gasteiger partial charge in [-0.15, -0.1) is 0 Å². The molecule has 0 atom stereocenters. The highest BCUT2D eigenvalue weighted by Gasteiger charge is 1.98. The molecule has 0 aliphatic rings. The van der Waals surface area contributed by atoms with Gasteiger partial charge in [0.15, 0.2) is 0 Å². The van der Waals surface area contributed by atoms with E-state index >= 15 is 0 Å². The molecule has 0 radical (unpaired) electrons. The Morgan fingerprint density at radius 3 is 1.65 bits per heavy atom. The van der Waals surface area contributed by atoms with E-state index in [1.807, 2.05) is 0 Å². The maximum atomic E-state index is 2.53. The van der Waals surface area contributed by atoms with Gasteiger partial charge in [-0.25, -0.2) is 0 Å². The lowest BCUT2D eigenvalue weighted by molar-refractivity contribution is 0.295. The quantitative estimate of drug-likeness (QED) is 0.431. The summed E-state index contributed by atoms with van der Waals surface area (Å²) in [4.78, 5) is 2.53. The van der Waals surface area contributed by atoms with Gasteiger partial charge in [0.25, 0.3) is 0 Å². The first-order valence-electron chi connectivity index (χ1n) is 9.63. The van der Waals surface area contributed by atoms with Crippen LogP contribution < -0.4 is 0 Å². The van der Waals surface area contributed by atoms with Crippen molar-refractivity contribution in [1.82, 2.24) is 4.90 Å². The standard InChI is InChI=1S/C21H37N.H2O/c1-3-22(4-2)20-16-11-9-7-5-6-8-10-13-17-21-18-14-12-15-19-21;/h12,14-15,18-19H,3-11,13,16-17,20H2,1-2H3;1H2. The molecule has 0 saturated carbocycles. The summed E-state index contributed by atoms with van der Waals surface area (Å²) >= 11 is 0. The molecule has 2 nitrogen and oxygen atoms in total. The van der Waals surface area contributed by atoms with Crippen molar-refractivity contribution in [3.63, 3.8) is 0 Å². The molecule has 1 rings (SSSR count). The summed E-state index contributed by atoms with van der Waals surface area (Å²) in [6.45, 7) is 8.24. The van der Waals surface area contributed by atoms with Crippen LogP contribution in [-0.4, -0.2) is 30.0 Å². The molecule has 0 aromatic heterocycles. The minimum absolute atomic E-state index is 0. The normalized spacial score (nSPS) is 10.7. The van der Waals surface area contributed by atoms with E-state index in [0.717, 1.165) is 0 Å². The van der Waals surface area contributed by atoms with Crippen molar-refractivity contribution in [2.24, 2.45) is 0 Å². The third kappa shape index (κ3) is 12.3. The lowest BCUT2D eigenvalue weighted by atomic mass is 10.0. The summed E-state index contributed by atoms with van der Waals surface area (Å²) in [5, 5.41) is 0. The Morgan fingerprint density at radius 1 is 0.652 bits per heavy atom. The molecule has 0 aliphatic carbocycles. The zero-order valence-electron chi connectivity index (χ0n) is 15.5. The van der Waals surface area contributed by atoms with Crippen LogP contribution in [0.5, 0.6) is 0 Å². The van der Waals surface area contributed by atoms with E-state index in [0.29, 0.717) is 0 Å². The Labute approximate surface area is 144 Å². The zero-order valence-corrected chi connectivity index (χ0v) is 15.5. The third-order valence-electron chi connectivity index (χ3n) is 4.68. The summed E-state index contributed by atoms with van der Waals surface area (Å²) in [7, 11) is 0. The molecule has 0 heterocycles. The van der Waals surface area contributed by atoms with Crippen molar-refractivity contribution < 1.29 is 5.48 Å². The fraction of sp³-hybridized carbons (Fsp3) is 0.714. The van der Waals surface area contributed by atoms with Gasteiger partial charge in [-0.3, -0.25) is 0 Å². The molecule has 0 aliphatic heterocycles. The first-order valence-corrected chi connectivity index (χ1v) is 9.63. The molecular formula is C21H39NO. The Morgan fingerprint density at radius 2 is 1.13 bits per heavy atom. The second kappa shape index (κ2) is 16.0. The molecule has 0 spiro atoms. The van der Waals surface area contributed by atoms with E-state index in [9.17, 15) is 0 Å². The average Bonchev–Trinajstić information content (AvgIpc) is 2.57. The number of nitrogens with zero attached hydrogens (tertiary/aromatic N) is 1. The Hall–Kier alpha value is -0.860. The molecule has 2 N–H and O–H groups in total. The van der Waals surface area contributed by atoms with Crippen molar-refractivity contribution in [2.45, 2.75) is 78.1 Å². The highest BCUT2D eigenvalue weighted by atomic mass is 16.0. The van der Waals surface area contributed by atoms with Crippen molar-refractivity contribution >= 4 is 0 Å². The number of unbranched alkanes of at least 4 members (excludes halogenated alkanes) is 8. The molecule has 0 unspecified atom stereocenters. The van der Waals surface area contributed by atoms with Crippen LogP contribution in [0.25, 0.3) is 0 Å². The number of hydrogen-bond donors (Lipinski definition) is 0. The van der Waals surface area contributed by atoms with E-state index < -0.39 is 0 Å². The Bertz CT molecular complexity index is 335. The number of benzene rings is 1. The van der Waals surface area contributed by atoms with Crippen LogP contribution in [0.3, 0.4) is 0 Å².